The Morgan fingerprint density at radius 2 is 2.05 bits per heavy atom. The quantitative estimate of drug-likeness (QED) is 0.855. The first kappa shape index (κ1) is 14.4. The van der Waals surface area contributed by atoms with Crippen LogP contribution in [0.1, 0.15) is 24.9 Å². The largest absolute Gasteiger partial charge is 0.369 e. The Balaban J connectivity index is 2.22. The lowest BCUT2D eigenvalue weighted by atomic mass is 10.3. The van der Waals surface area contributed by atoms with Crippen LogP contribution in [0, 0.1) is 0 Å². The van der Waals surface area contributed by atoms with E-state index in [-0.39, 0.29) is 6.04 Å². The van der Waals surface area contributed by atoms with E-state index in [1.54, 1.807) is 23.6 Å². The molecule has 0 aliphatic carbocycles. The minimum atomic E-state index is 0.0423. The molecule has 19 heavy (non-hydrogen) atoms. The van der Waals surface area contributed by atoms with E-state index in [1.807, 2.05) is 19.2 Å². The zero-order valence-electron chi connectivity index (χ0n) is 10.6. The van der Waals surface area contributed by atoms with Gasteiger partial charge in [0.2, 0.25) is 0 Å². The molecule has 0 fully saturated rings. The standard InChI is InChI=1S/C12H14Cl2N4S/c1-3-15-10-8(13)6-9(14)11(18-10)17-7(2)12-16-4-5-19-12/h4-7H,3H2,1-2H3,(H2,15,17,18). The van der Waals surface area contributed by atoms with Gasteiger partial charge in [-0.15, -0.1) is 11.3 Å². The number of halogens is 2. The molecule has 0 aromatic carbocycles. The van der Waals surface area contributed by atoms with Crippen molar-refractivity contribution in [3.8, 4) is 0 Å². The number of hydrogen-bond donors (Lipinski definition) is 2. The fourth-order valence-electron chi connectivity index (χ4n) is 1.57. The van der Waals surface area contributed by atoms with Crippen LogP contribution in [0.15, 0.2) is 17.6 Å². The summed E-state index contributed by atoms with van der Waals surface area (Å²) in [7, 11) is 0. The molecule has 0 saturated carbocycles. The molecular weight excluding hydrogens is 303 g/mol. The van der Waals surface area contributed by atoms with Crippen molar-refractivity contribution >= 4 is 46.2 Å². The molecule has 0 amide bonds. The van der Waals surface area contributed by atoms with Crippen molar-refractivity contribution in [2.45, 2.75) is 19.9 Å². The summed E-state index contributed by atoms with van der Waals surface area (Å²) in [6, 6.07) is 1.73. The van der Waals surface area contributed by atoms with Gasteiger partial charge in [-0.1, -0.05) is 23.2 Å². The van der Waals surface area contributed by atoms with E-state index in [2.05, 4.69) is 20.6 Å². The third-order valence-corrected chi connectivity index (χ3v) is 3.98. The van der Waals surface area contributed by atoms with Gasteiger partial charge in [0, 0.05) is 18.1 Å². The van der Waals surface area contributed by atoms with E-state index in [9.17, 15) is 0 Å². The summed E-state index contributed by atoms with van der Waals surface area (Å²) in [5, 5.41) is 10.3. The second-order valence-corrected chi connectivity index (χ2v) is 5.66. The van der Waals surface area contributed by atoms with E-state index >= 15 is 0 Å². The van der Waals surface area contributed by atoms with Gasteiger partial charge < -0.3 is 10.6 Å². The zero-order chi connectivity index (χ0) is 13.8. The van der Waals surface area contributed by atoms with Crippen LogP contribution in [0.25, 0.3) is 0 Å². The van der Waals surface area contributed by atoms with Crippen LogP contribution in [0.2, 0.25) is 10.0 Å². The Bertz CT molecular complexity index is 545. The SMILES string of the molecule is CCNc1nc(NC(C)c2nccs2)c(Cl)cc1Cl. The predicted molar refractivity (Wildman–Crippen MR) is 82.6 cm³/mol. The van der Waals surface area contributed by atoms with Gasteiger partial charge in [-0.25, -0.2) is 9.97 Å². The van der Waals surface area contributed by atoms with Crippen LogP contribution in [0.3, 0.4) is 0 Å². The molecule has 0 radical (unpaired) electrons. The highest BCUT2D eigenvalue weighted by Gasteiger charge is 2.13. The molecule has 0 bridgehead atoms. The fraction of sp³-hybridized carbons (Fsp3) is 0.333. The average molecular weight is 317 g/mol. The van der Waals surface area contributed by atoms with Crippen LogP contribution in [0.4, 0.5) is 11.6 Å². The molecule has 2 aromatic heterocycles. The Morgan fingerprint density at radius 3 is 2.68 bits per heavy atom. The van der Waals surface area contributed by atoms with E-state index in [1.165, 1.54) is 0 Å². The third kappa shape index (κ3) is 3.49. The summed E-state index contributed by atoms with van der Waals surface area (Å²) < 4.78 is 0. The molecule has 2 aromatic rings. The Labute approximate surface area is 126 Å². The highest BCUT2D eigenvalue weighted by Crippen LogP contribution is 2.31. The smallest absolute Gasteiger partial charge is 0.147 e. The minimum Gasteiger partial charge on any atom is -0.369 e. The molecule has 2 rings (SSSR count). The summed E-state index contributed by atoms with van der Waals surface area (Å²) in [6.07, 6.45) is 1.78. The van der Waals surface area contributed by atoms with Crippen molar-refractivity contribution in [3.63, 3.8) is 0 Å². The summed E-state index contributed by atoms with van der Waals surface area (Å²) in [5.74, 6) is 1.23. The first-order chi connectivity index (χ1) is 9.11. The lowest BCUT2D eigenvalue weighted by molar-refractivity contribution is 0.861. The van der Waals surface area contributed by atoms with Crippen molar-refractivity contribution < 1.29 is 0 Å². The molecule has 7 heteroatoms. The summed E-state index contributed by atoms with van der Waals surface area (Å²) in [6.45, 7) is 4.74. The van der Waals surface area contributed by atoms with Crippen molar-refractivity contribution in [2.75, 3.05) is 17.2 Å². The van der Waals surface area contributed by atoms with Crippen LogP contribution in [0.5, 0.6) is 0 Å². The minimum absolute atomic E-state index is 0.0423. The van der Waals surface area contributed by atoms with Crippen molar-refractivity contribution in [3.05, 3.63) is 32.7 Å². The zero-order valence-corrected chi connectivity index (χ0v) is 12.9. The monoisotopic (exact) mass is 316 g/mol. The van der Waals surface area contributed by atoms with E-state index in [0.29, 0.717) is 21.7 Å². The number of anilines is 2. The van der Waals surface area contributed by atoms with Gasteiger partial charge in [-0.05, 0) is 19.9 Å². The molecule has 0 aliphatic rings. The number of pyridine rings is 1. The van der Waals surface area contributed by atoms with Crippen LogP contribution >= 0.6 is 34.5 Å². The Kier molecular flexibility index (Phi) is 4.85. The molecule has 0 saturated heterocycles. The van der Waals surface area contributed by atoms with E-state index < -0.39 is 0 Å². The molecule has 0 aliphatic heterocycles. The van der Waals surface area contributed by atoms with Crippen LogP contribution < -0.4 is 10.6 Å². The van der Waals surface area contributed by atoms with Crippen LogP contribution in [-0.2, 0) is 0 Å². The maximum absolute atomic E-state index is 6.15. The third-order valence-electron chi connectivity index (χ3n) is 2.45. The Hall–Kier alpha value is -1.04. The highest BCUT2D eigenvalue weighted by molar-refractivity contribution is 7.09. The highest BCUT2D eigenvalue weighted by atomic mass is 35.5. The maximum Gasteiger partial charge on any atom is 0.147 e. The van der Waals surface area contributed by atoms with E-state index in [4.69, 9.17) is 23.2 Å². The van der Waals surface area contributed by atoms with Gasteiger partial charge >= 0.3 is 0 Å². The second kappa shape index (κ2) is 6.41. The molecule has 2 heterocycles. The van der Waals surface area contributed by atoms with Gasteiger partial charge in [0.05, 0.1) is 16.1 Å². The number of thiazole rings is 1. The molecule has 2 N–H and O–H groups in total. The van der Waals surface area contributed by atoms with Gasteiger partial charge in [-0.2, -0.15) is 0 Å². The maximum atomic E-state index is 6.15. The van der Waals surface area contributed by atoms with Gasteiger partial charge in [0.1, 0.15) is 16.6 Å². The van der Waals surface area contributed by atoms with Crippen molar-refractivity contribution in [1.82, 2.24) is 9.97 Å². The molecule has 1 unspecified atom stereocenters. The molecular formula is C12H14Cl2N4S. The lowest BCUT2D eigenvalue weighted by Gasteiger charge is -2.15. The second-order valence-electron chi connectivity index (χ2n) is 3.92. The predicted octanol–water partition coefficient (Wildman–Crippen LogP) is 4.45. The first-order valence-corrected chi connectivity index (χ1v) is 7.51. The number of hydrogen-bond acceptors (Lipinski definition) is 5. The van der Waals surface area contributed by atoms with Crippen LogP contribution in [-0.4, -0.2) is 16.5 Å². The Morgan fingerprint density at radius 1 is 1.32 bits per heavy atom. The average Bonchev–Trinajstić information content (AvgIpc) is 2.89. The number of nitrogens with one attached hydrogen (secondary N) is 2. The number of nitrogens with zero attached hydrogens (tertiary/aromatic N) is 2. The molecule has 102 valence electrons. The number of aromatic nitrogens is 2. The summed E-state index contributed by atoms with van der Waals surface area (Å²) in [4.78, 5) is 8.66. The summed E-state index contributed by atoms with van der Waals surface area (Å²) >= 11 is 13.8. The molecule has 1 atom stereocenters. The van der Waals surface area contributed by atoms with Crippen molar-refractivity contribution in [1.29, 1.82) is 0 Å². The molecule has 4 nitrogen and oxygen atoms in total. The van der Waals surface area contributed by atoms with Gasteiger partial charge in [0.15, 0.2) is 0 Å². The summed E-state index contributed by atoms with van der Waals surface area (Å²) in [5.41, 5.74) is 0. The van der Waals surface area contributed by atoms with Crippen molar-refractivity contribution in [2.24, 2.45) is 0 Å². The normalized spacial score (nSPS) is 12.2. The lowest BCUT2D eigenvalue weighted by Crippen LogP contribution is -2.10. The van der Waals surface area contributed by atoms with E-state index in [0.717, 1.165) is 11.6 Å². The van der Waals surface area contributed by atoms with Gasteiger partial charge in [-0.3, -0.25) is 0 Å². The fourth-order valence-corrected chi connectivity index (χ4v) is 2.70. The molecule has 0 spiro atoms. The first-order valence-electron chi connectivity index (χ1n) is 5.87. The number of rotatable bonds is 5. The topological polar surface area (TPSA) is 49.8 Å². The van der Waals surface area contributed by atoms with Gasteiger partial charge in [0.25, 0.3) is 0 Å².